The lowest BCUT2D eigenvalue weighted by molar-refractivity contribution is -0.138. The number of carboxylic acids is 1. The largest absolute Gasteiger partial charge is 0.481 e. The van der Waals surface area contributed by atoms with Crippen LogP contribution in [0.2, 0.25) is 0 Å². The van der Waals surface area contributed by atoms with Crippen molar-refractivity contribution in [3.05, 3.63) is 0 Å². The van der Waals surface area contributed by atoms with E-state index in [1.165, 1.54) is 32.1 Å². The second-order valence-electron chi connectivity index (χ2n) is 6.52. The fourth-order valence-electron chi connectivity index (χ4n) is 3.55. The van der Waals surface area contributed by atoms with Gasteiger partial charge in [0.2, 0.25) is 0 Å². The Labute approximate surface area is 122 Å². The maximum absolute atomic E-state index is 10.5. The van der Waals surface area contributed by atoms with Crippen LogP contribution in [-0.4, -0.2) is 47.8 Å². The normalized spacial score (nSPS) is 30.1. The van der Waals surface area contributed by atoms with Gasteiger partial charge in [0.05, 0.1) is 19.1 Å². The topological polar surface area (TPSA) is 49.8 Å². The first kappa shape index (κ1) is 15.8. The zero-order chi connectivity index (χ0) is 14.4. The minimum atomic E-state index is -0.769. The number of aliphatic carboxylic acids is 1. The second-order valence-corrected chi connectivity index (χ2v) is 6.52. The van der Waals surface area contributed by atoms with Crippen LogP contribution in [0.1, 0.15) is 58.3 Å². The Morgan fingerprint density at radius 2 is 1.90 bits per heavy atom. The number of ether oxygens (including phenoxy) is 1. The van der Waals surface area contributed by atoms with Gasteiger partial charge in [-0.15, -0.1) is 0 Å². The molecule has 0 aromatic heterocycles. The smallest absolute Gasteiger partial charge is 0.305 e. The number of hydrogen-bond acceptors (Lipinski definition) is 3. The Morgan fingerprint density at radius 1 is 1.15 bits per heavy atom. The van der Waals surface area contributed by atoms with Crippen LogP contribution in [-0.2, 0) is 9.53 Å². The highest BCUT2D eigenvalue weighted by Gasteiger charge is 2.26. The molecular weight excluding hydrogens is 254 g/mol. The van der Waals surface area contributed by atoms with Crippen LogP contribution in [0.15, 0.2) is 0 Å². The van der Waals surface area contributed by atoms with E-state index in [0.717, 1.165) is 37.9 Å². The Bertz CT molecular complexity index is 300. The highest BCUT2D eigenvalue weighted by molar-refractivity contribution is 5.66. The van der Waals surface area contributed by atoms with E-state index in [-0.39, 0.29) is 12.5 Å². The molecule has 2 atom stereocenters. The first-order valence-corrected chi connectivity index (χ1v) is 8.22. The summed E-state index contributed by atoms with van der Waals surface area (Å²) in [5.41, 5.74) is 0. The lowest BCUT2D eigenvalue weighted by atomic mass is 10.0. The van der Waals surface area contributed by atoms with E-state index in [1.54, 1.807) is 0 Å². The van der Waals surface area contributed by atoms with Crippen LogP contribution in [0.5, 0.6) is 0 Å². The van der Waals surface area contributed by atoms with Gasteiger partial charge in [0.1, 0.15) is 0 Å². The zero-order valence-electron chi connectivity index (χ0n) is 12.7. The maximum atomic E-state index is 10.5. The molecule has 1 N–H and O–H groups in total. The fraction of sp³-hybridized carbons (Fsp3) is 0.938. The Hall–Kier alpha value is -0.610. The molecule has 1 heterocycles. The lowest BCUT2D eigenvalue weighted by Gasteiger charge is -2.37. The predicted molar refractivity (Wildman–Crippen MR) is 78.8 cm³/mol. The molecule has 4 nitrogen and oxygen atoms in total. The van der Waals surface area contributed by atoms with Crippen LogP contribution in [0.25, 0.3) is 0 Å². The summed E-state index contributed by atoms with van der Waals surface area (Å²) < 4.78 is 5.66. The molecule has 0 bridgehead atoms. The molecule has 0 aromatic rings. The fourth-order valence-corrected chi connectivity index (χ4v) is 3.55. The SMILES string of the molecule is CC1CCCC(N2CCC(OCCC(=O)O)CC2)CC1. The molecule has 0 amide bonds. The summed E-state index contributed by atoms with van der Waals surface area (Å²) in [6.45, 7) is 4.99. The summed E-state index contributed by atoms with van der Waals surface area (Å²) in [4.78, 5) is 13.1. The average molecular weight is 283 g/mol. The number of rotatable bonds is 5. The van der Waals surface area contributed by atoms with Gasteiger partial charge in [-0.05, 0) is 38.0 Å². The van der Waals surface area contributed by atoms with Gasteiger partial charge in [0.25, 0.3) is 0 Å². The van der Waals surface area contributed by atoms with Gasteiger partial charge < -0.3 is 14.7 Å². The molecular formula is C16H29NO3. The van der Waals surface area contributed by atoms with Gasteiger partial charge in [0, 0.05) is 19.1 Å². The van der Waals surface area contributed by atoms with Crippen LogP contribution in [0.3, 0.4) is 0 Å². The molecule has 4 heteroatoms. The van der Waals surface area contributed by atoms with E-state index in [1.807, 2.05) is 0 Å². The van der Waals surface area contributed by atoms with E-state index in [4.69, 9.17) is 9.84 Å². The predicted octanol–water partition coefficient (Wildman–Crippen LogP) is 2.91. The van der Waals surface area contributed by atoms with Crippen molar-refractivity contribution < 1.29 is 14.6 Å². The van der Waals surface area contributed by atoms with Crippen molar-refractivity contribution in [2.24, 2.45) is 5.92 Å². The summed E-state index contributed by atoms with van der Waals surface area (Å²) in [6, 6.07) is 0.778. The first-order chi connectivity index (χ1) is 9.65. The van der Waals surface area contributed by atoms with Crippen LogP contribution in [0, 0.1) is 5.92 Å². The summed E-state index contributed by atoms with van der Waals surface area (Å²) in [7, 11) is 0. The molecule has 116 valence electrons. The molecule has 0 aromatic carbocycles. The molecule has 2 unspecified atom stereocenters. The standard InChI is InChI=1S/C16H29NO3/c1-13-3-2-4-14(6-5-13)17-10-7-15(8-11-17)20-12-9-16(18)19/h13-15H,2-12H2,1H3,(H,18,19). The number of nitrogens with zero attached hydrogens (tertiary/aromatic N) is 1. The van der Waals surface area contributed by atoms with Crippen molar-refractivity contribution in [2.75, 3.05) is 19.7 Å². The van der Waals surface area contributed by atoms with Crippen LogP contribution < -0.4 is 0 Å². The first-order valence-electron chi connectivity index (χ1n) is 8.22. The molecule has 2 rings (SSSR count). The number of hydrogen-bond donors (Lipinski definition) is 1. The zero-order valence-corrected chi connectivity index (χ0v) is 12.7. The van der Waals surface area contributed by atoms with Crippen molar-refractivity contribution in [3.63, 3.8) is 0 Å². The number of carbonyl (C=O) groups is 1. The van der Waals surface area contributed by atoms with Crippen molar-refractivity contribution >= 4 is 5.97 Å². The van der Waals surface area contributed by atoms with E-state index in [0.29, 0.717) is 6.61 Å². The quantitative estimate of drug-likeness (QED) is 0.788. The molecule has 2 fully saturated rings. The minimum Gasteiger partial charge on any atom is -0.481 e. The van der Waals surface area contributed by atoms with E-state index < -0.39 is 5.97 Å². The van der Waals surface area contributed by atoms with Gasteiger partial charge >= 0.3 is 5.97 Å². The highest BCUT2D eigenvalue weighted by atomic mass is 16.5. The Balaban J connectivity index is 1.67. The molecule has 1 aliphatic carbocycles. The molecule has 0 radical (unpaired) electrons. The van der Waals surface area contributed by atoms with Crippen molar-refractivity contribution in [2.45, 2.75) is 70.4 Å². The summed E-state index contributed by atoms with van der Waals surface area (Å²) in [5, 5.41) is 8.61. The second kappa shape index (κ2) is 7.99. The number of likely N-dealkylation sites (tertiary alicyclic amines) is 1. The molecule has 1 saturated heterocycles. The van der Waals surface area contributed by atoms with Crippen molar-refractivity contribution in [1.82, 2.24) is 4.90 Å². The van der Waals surface area contributed by atoms with Gasteiger partial charge in [-0.3, -0.25) is 4.79 Å². The molecule has 20 heavy (non-hydrogen) atoms. The third-order valence-corrected chi connectivity index (χ3v) is 4.89. The Kier molecular flexibility index (Phi) is 6.30. The minimum absolute atomic E-state index is 0.126. The van der Waals surface area contributed by atoms with Gasteiger partial charge in [0.15, 0.2) is 0 Å². The van der Waals surface area contributed by atoms with Gasteiger partial charge in [-0.1, -0.05) is 19.8 Å². The number of piperidine rings is 1. The van der Waals surface area contributed by atoms with E-state index in [9.17, 15) is 4.79 Å². The average Bonchev–Trinajstić information content (AvgIpc) is 2.64. The van der Waals surface area contributed by atoms with Crippen LogP contribution in [0.4, 0.5) is 0 Å². The third kappa shape index (κ3) is 5.06. The molecule has 1 aliphatic heterocycles. The summed E-state index contributed by atoms with van der Waals surface area (Å²) in [5.74, 6) is 0.131. The third-order valence-electron chi connectivity index (χ3n) is 4.89. The molecule has 2 aliphatic rings. The lowest BCUT2D eigenvalue weighted by Crippen LogP contribution is -2.43. The monoisotopic (exact) mass is 283 g/mol. The number of carboxylic acid groups (broad SMARTS) is 1. The van der Waals surface area contributed by atoms with E-state index >= 15 is 0 Å². The van der Waals surface area contributed by atoms with E-state index in [2.05, 4.69) is 11.8 Å². The van der Waals surface area contributed by atoms with Crippen LogP contribution >= 0.6 is 0 Å². The van der Waals surface area contributed by atoms with Gasteiger partial charge in [-0.25, -0.2) is 0 Å². The van der Waals surface area contributed by atoms with Gasteiger partial charge in [-0.2, -0.15) is 0 Å². The maximum Gasteiger partial charge on any atom is 0.305 e. The summed E-state index contributed by atoms with van der Waals surface area (Å²) >= 11 is 0. The molecule has 0 spiro atoms. The van der Waals surface area contributed by atoms with Crippen molar-refractivity contribution in [3.8, 4) is 0 Å². The Morgan fingerprint density at radius 3 is 2.60 bits per heavy atom. The highest BCUT2D eigenvalue weighted by Crippen LogP contribution is 2.28. The molecule has 1 saturated carbocycles. The summed E-state index contributed by atoms with van der Waals surface area (Å²) in [6.07, 6.45) is 9.38. The van der Waals surface area contributed by atoms with Crippen molar-refractivity contribution in [1.29, 1.82) is 0 Å².